The molecule has 0 aromatic carbocycles. The zero-order valence-electron chi connectivity index (χ0n) is 16.4. The van der Waals surface area contributed by atoms with Gasteiger partial charge in [-0.25, -0.2) is 9.78 Å². The number of esters is 1. The van der Waals surface area contributed by atoms with Crippen molar-refractivity contribution >= 4 is 23.6 Å². The molecule has 1 aromatic heterocycles. The minimum atomic E-state index is -2.69. The van der Waals surface area contributed by atoms with Crippen LogP contribution in [0, 0.1) is 23.2 Å². The zero-order chi connectivity index (χ0) is 20.6. The number of hydrogen-bond donors (Lipinski definition) is 1. The van der Waals surface area contributed by atoms with Crippen LogP contribution in [0.5, 0.6) is 0 Å². The lowest BCUT2D eigenvalue weighted by molar-refractivity contribution is -0.128. The summed E-state index contributed by atoms with van der Waals surface area (Å²) in [5.74, 6) is -1.51. The Hall–Kier alpha value is -1.70. The van der Waals surface area contributed by atoms with Crippen molar-refractivity contribution in [3.8, 4) is 0 Å². The Labute approximate surface area is 173 Å². The van der Waals surface area contributed by atoms with Gasteiger partial charge in [-0.3, -0.25) is 4.79 Å². The minimum absolute atomic E-state index is 0.0328. The first kappa shape index (κ1) is 20.6. The third-order valence-corrected chi connectivity index (χ3v) is 7.63. The Morgan fingerprint density at radius 2 is 1.86 bits per heavy atom. The monoisotopic (exact) mass is 424 g/mol. The van der Waals surface area contributed by atoms with Gasteiger partial charge in [0.15, 0.2) is 6.61 Å². The van der Waals surface area contributed by atoms with Crippen molar-refractivity contribution < 1.29 is 23.1 Å². The first-order valence-corrected chi connectivity index (χ1v) is 11.1. The van der Waals surface area contributed by atoms with Gasteiger partial charge in [0.2, 0.25) is 0 Å². The van der Waals surface area contributed by atoms with Crippen LogP contribution in [0.3, 0.4) is 0 Å². The molecular formula is C21H26F2N2O3S. The van der Waals surface area contributed by atoms with E-state index in [4.69, 9.17) is 4.74 Å². The van der Waals surface area contributed by atoms with Crippen LogP contribution in [-0.4, -0.2) is 35.3 Å². The van der Waals surface area contributed by atoms with Crippen molar-refractivity contribution in [1.82, 2.24) is 10.3 Å². The molecule has 0 unspecified atom stereocenters. The fraction of sp³-hybridized carbons (Fsp3) is 0.667. The van der Waals surface area contributed by atoms with Crippen molar-refractivity contribution in [3.63, 3.8) is 0 Å². The van der Waals surface area contributed by atoms with Crippen LogP contribution in [-0.2, 0) is 9.53 Å². The molecule has 1 atom stereocenters. The molecular weight excluding hydrogens is 398 g/mol. The largest absolute Gasteiger partial charge is 0.452 e. The number of rotatable bonds is 7. The molecule has 29 heavy (non-hydrogen) atoms. The van der Waals surface area contributed by atoms with Crippen molar-refractivity contribution in [2.24, 2.45) is 23.2 Å². The van der Waals surface area contributed by atoms with Crippen LogP contribution in [0.25, 0.3) is 0 Å². The lowest BCUT2D eigenvalue weighted by atomic mass is 9.48. The molecule has 1 aromatic rings. The molecule has 4 bridgehead atoms. The van der Waals surface area contributed by atoms with E-state index >= 15 is 0 Å². The summed E-state index contributed by atoms with van der Waals surface area (Å²) >= 11 is 0.185. The second kappa shape index (κ2) is 8.20. The number of aromatic nitrogens is 1. The molecule has 158 valence electrons. The van der Waals surface area contributed by atoms with Crippen LogP contribution < -0.4 is 5.32 Å². The smallest absolute Gasteiger partial charge is 0.341 e. The third-order valence-electron chi connectivity index (χ3n) is 6.91. The molecule has 5 nitrogen and oxygen atoms in total. The molecule has 1 N–H and O–H groups in total. The van der Waals surface area contributed by atoms with Gasteiger partial charge in [-0.2, -0.15) is 8.78 Å². The van der Waals surface area contributed by atoms with Crippen molar-refractivity contribution in [2.75, 3.05) is 6.61 Å². The van der Waals surface area contributed by atoms with E-state index in [9.17, 15) is 18.4 Å². The number of pyridine rings is 1. The van der Waals surface area contributed by atoms with E-state index in [2.05, 4.69) is 17.2 Å². The average molecular weight is 425 g/mol. The molecule has 4 saturated carbocycles. The Kier molecular flexibility index (Phi) is 5.82. The van der Waals surface area contributed by atoms with Gasteiger partial charge >= 0.3 is 5.97 Å². The fourth-order valence-corrected chi connectivity index (χ4v) is 6.65. The molecule has 4 aliphatic carbocycles. The molecule has 0 radical (unpaired) electrons. The standard InChI is InChI=1S/C21H26F2N2O3S/c1-12(21-8-13-5-14(9-21)7-15(6-13)10-21)25-17(26)11-28-19(27)16-3-2-4-24-18(16)29-20(22)23/h2-4,12-15,20H,5-11H2,1H3,(H,25,26)/t12-,13?,14?,15?,21?/m1/s1. The van der Waals surface area contributed by atoms with Crippen LogP contribution in [0.15, 0.2) is 23.4 Å². The second-order valence-corrected chi connectivity index (χ2v) is 9.86. The van der Waals surface area contributed by atoms with Gasteiger partial charge in [-0.05, 0) is 92.5 Å². The molecule has 0 aliphatic heterocycles. The predicted octanol–water partition coefficient (Wildman–Crippen LogP) is 4.27. The second-order valence-electron chi connectivity index (χ2n) is 8.88. The summed E-state index contributed by atoms with van der Waals surface area (Å²) in [6.07, 6.45) is 8.85. The average Bonchev–Trinajstić information content (AvgIpc) is 2.65. The van der Waals surface area contributed by atoms with Crippen LogP contribution in [0.4, 0.5) is 8.78 Å². The minimum Gasteiger partial charge on any atom is -0.452 e. The van der Waals surface area contributed by atoms with E-state index in [1.807, 2.05) is 0 Å². The van der Waals surface area contributed by atoms with Gasteiger partial charge in [-0.1, -0.05) is 0 Å². The summed E-state index contributed by atoms with van der Waals surface area (Å²) in [7, 11) is 0. The lowest BCUT2D eigenvalue weighted by Crippen LogP contribution is -2.56. The maximum absolute atomic E-state index is 12.6. The van der Waals surface area contributed by atoms with E-state index in [1.54, 1.807) is 0 Å². The number of nitrogens with zero attached hydrogens (tertiary/aromatic N) is 1. The topological polar surface area (TPSA) is 68.3 Å². The summed E-state index contributed by atoms with van der Waals surface area (Å²) in [5, 5.41) is 2.93. The van der Waals surface area contributed by atoms with Crippen LogP contribution in [0.2, 0.25) is 0 Å². The Balaban J connectivity index is 1.32. The van der Waals surface area contributed by atoms with E-state index in [-0.39, 0.29) is 39.7 Å². The fourth-order valence-electron chi connectivity index (χ4n) is 6.08. The zero-order valence-corrected chi connectivity index (χ0v) is 17.2. The van der Waals surface area contributed by atoms with Crippen LogP contribution in [0.1, 0.15) is 55.8 Å². The summed E-state index contributed by atoms with van der Waals surface area (Å²) in [6.45, 7) is 1.63. The number of carbonyl (C=O) groups excluding carboxylic acids is 2. The SMILES string of the molecule is C[C@@H](NC(=O)COC(=O)c1cccnc1SC(F)F)C12CC3CC(CC(C3)C1)C2. The van der Waals surface area contributed by atoms with Gasteiger partial charge in [0.05, 0.1) is 5.56 Å². The highest BCUT2D eigenvalue weighted by Crippen LogP contribution is 2.61. The van der Waals surface area contributed by atoms with Crippen molar-refractivity contribution in [1.29, 1.82) is 0 Å². The third kappa shape index (κ3) is 4.42. The Morgan fingerprint density at radius 3 is 2.45 bits per heavy atom. The maximum Gasteiger partial charge on any atom is 0.341 e. The first-order chi connectivity index (χ1) is 13.8. The molecule has 0 saturated heterocycles. The highest BCUT2D eigenvalue weighted by molar-refractivity contribution is 7.99. The molecule has 1 amide bonds. The summed E-state index contributed by atoms with van der Waals surface area (Å²) in [5.41, 5.74) is 0.110. The van der Waals surface area contributed by atoms with Gasteiger partial charge in [0, 0.05) is 12.2 Å². The van der Waals surface area contributed by atoms with E-state index in [0.29, 0.717) is 0 Å². The first-order valence-electron chi connectivity index (χ1n) is 10.2. The van der Waals surface area contributed by atoms with E-state index in [1.165, 1.54) is 56.9 Å². The number of ether oxygens (including phenoxy) is 1. The number of hydrogen-bond acceptors (Lipinski definition) is 5. The molecule has 1 heterocycles. The highest BCUT2D eigenvalue weighted by atomic mass is 32.2. The number of amides is 1. The highest BCUT2D eigenvalue weighted by Gasteiger charge is 2.53. The van der Waals surface area contributed by atoms with E-state index < -0.39 is 18.3 Å². The number of nitrogens with one attached hydrogen (secondary N) is 1. The number of halogens is 2. The number of alkyl halides is 2. The maximum atomic E-state index is 12.6. The molecule has 5 rings (SSSR count). The van der Waals surface area contributed by atoms with Gasteiger partial charge in [0.1, 0.15) is 5.03 Å². The molecule has 8 heteroatoms. The van der Waals surface area contributed by atoms with Crippen molar-refractivity contribution in [3.05, 3.63) is 23.9 Å². The molecule has 0 spiro atoms. The van der Waals surface area contributed by atoms with E-state index in [0.717, 1.165) is 17.8 Å². The summed E-state index contributed by atoms with van der Waals surface area (Å²) in [4.78, 5) is 28.5. The lowest BCUT2D eigenvalue weighted by Gasteiger charge is -2.59. The molecule has 4 aliphatic rings. The van der Waals surface area contributed by atoms with Crippen molar-refractivity contribution in [2.45, 2.75) is 62.3 Å². The Bertz CT molecular complexity index is 754. The Morgan fingerprint density at radius 1 is 1.24 bits per heavy atom. The van der Waals surface area contributed by atoms with Crippen LogP contribution >= 0.6 is 11.8 Å². The summed E-state index contributed by atoms with van der Waals surface area (Å²) in [6, 6.07) is 2.88. The predicted molar refractivity (Wildman–Crippen MR) is 105 cm³/mol. The van der Waals surface area contributed by atoms with Gasteiger partial charge in [-0.15, -0.1) is 0 Å². The summed E-state index contributed by atoms with van der Waals surface area (Å²) < 4.78 is 30.4. The van der Waals surface area contributed by atoms with Gasteiger partial charge < -0.3 is 10.1 Å². The molecule has 4 fully saturated rings. The van der Waals surface area contributed by atoms with Gasteiger partial charge in [0.25, 0.3) is 11.7 Å². The normalized spacial score (nSPS) is 31.0. The quantitative estimate of drug-likeness (QED) is 0.523. The number of carbonyl (C=O) groups is 2. The number of thioether (sulfide) groups is 1.